The molecule has 1 atom stereocenters. The molecule has 0 unspecified atom stereocenters. The maximum Gasteiger partial charge on any atom is 0.256 e. The smallest absolute Gasteiger partial charge is 0.256 e. The molecule has 6 heteroatoms. The Hall–Kier alpha value is -3.25. The molecular weight excluding hydrogens is 362 g/mol. The van der Waals surface area contributed by atoms with Crippen LogP contribution >= 0.6 is 0 Å². The second kappa shape index (κ2) is 7.29. The third-order valence-corrected chi connectivity index (χ3v) is 5.73. The molecule has 0 saturated carbocycles. The van der Waals surface area contributed by atoms with Crippen molar-refractivity contribution in [1.29, 1.82) is 0 Å². The molecule has 1 fully saturated rings. The SMILES string of the molecule is C[C@H]1CCCN1Cc1cc2cnc(NC(=O)c3ccc4ncccc4c3)cc2[nH]1. The van der Waals surface area contributed by atoms with Crippen LogP contribution in [0.5, 0.6) is 0 Å². The summed E-state index contributed by atoms with van der Waals surface area (Å²) < 4.78 is 0. The molecule has 6 nitrogen and oxygen atoms in total. The van der Waals surface area contributed by atoms with Crippen LogP contribution in [0.2, 0.25) is 0 Å². The summed E-state index contributed by atoms with van der Waals surface area (Å²) in [6.07, 6.45) is 6.09. The third kappa shape index (κ3) is 3.59. The predicted molar refractivity (Wildman–Crippen MR) is 115 cm³/mol. The highest BCUT2D eigenvalue weighted by Gasteiger charge is 2.20. The molecule has 0 aliphatic carbocycles. The fourth-order valence-corrected chi connectivity index (χ4v) is 4.09. The van der Waals surface area contributed by atoms with Gasteiger partial charge in [0, 0.05) is 53.1 Å². The van der Waals surface area contributed by atoms with Crippen molar-refractivity contribution >= 4 is 33.5 Å². The Labute approximate surface area is 169 Å². The van der Waals surface area contributed by atoms with Crippen LogP contribution in [-0.2, 0) is 6.54 Å². The molecular formula is C23H23N5O. The number of hydrogen-bond donors (Lipinski definition) is 2. The van der Waals surface area contributed by atoms with E-state index in [1.165, 1.54) is 18.5 Å². The topological polar surface area (TPSA) is 73.9 Å². The summed E-state index contributed by atoms with van der Waals surface area (Å²) in [5.41, 5.74) is 3.62. The van der Waals surface area contributed by atoms with Crippen molar-refractivity contribution in [2.75, 3.05) is 11.9 Å². The fraction of sp³-hybridized carbons (Fsp3) is 0.261. The first-order valence-electron chi connectivity index (χ1n) is 10.0. The number of anilines is 1. The van der Waals surface area contributed by atoms with E-state index in [0.29, 0.717) is 17.4 Å². The summed E-state index contributed by atoms with van der Waals surface area (Å²) in [7, 11) is 0. The molecule has 29 heavy (non-hydrogen) atoms. The van der Waals surface area contributed by atoms with Crippen molar-refractivity contribution in [3.8, 4) is 0 Å². The summed E-state index contributed by atoms with van der Waals surface area (Å²) in [5, 5.41) is 4.90. The van der Waals surface area contributed by atoms with Crippen LogP contribution < -0.4 is 5.32 Å². The summed E-state index contributed by atoms with van der Waals surface area (Å²) in [4.78, 5) is 27.4. The van der Waals surface area contributed by atoms with Gasteiger partial charge in [-0.2, -0.15) is 0 Å². The van der Waals surface area contributed by atoms with Crippen molar-refractivity contribution in [2.45, 2.75) is 32.4 Å². The number of likely N-dealkylation sites (tertiary alicyclic amines) is 1. The molecule has 5 rings (SSSR count). The summed E-state index contributed by atoms with van der Waals surface area (Å²) >= 11 is 0. The molecule has 0 radical (unpaired) electrons. The number of carbonyl (C=O) groups excluding carboxylic acids is 1. The Morgan fingerprint density at radius 2 is 2.14 bits per heavy atom. The summed E-state index contributed by atoms with van der Waals surface area (Å²) in [6.45, 7) is 4.35. The number of nitrogens with zero attached hydrogens (tertiary/aromatic N) is 3. The van der Waals surface area contributed by atoms with E-state index in [4.69, 9.17) is 0 Å². The van der Waals surface area contributed by atoms with Gasteiger partial charge in [0.1, 0.15) is 5.82 Å². The Bertz CT molecular complexity index is 1200. The van der Waals surface area contributed by atoms with Gasteiger partial charge >= 0.3 is 0 Å². The molecule has 1 amide bonds. The van der Waals surface area contributed by atoms with Gasteiger partial charge in [-0.15, -0.1) is 0 Å². The van der Waals surface area contributed by atoms with Gasteiger partial charge in [-0.1, -0.05) is 6.07 Å². The van der Waals surface area contributed by atoms with E-state index in [9.17, 15) is 4.79 Å². The molecule has 146 valence electrons. The van der Waals surface area contributed by atoms with Crippen LogP contribution in [0, 0.1) is 0 Å². The van der Waals surface area contributed by atoms with E-state index in [1.807, 2.05) is 36.5 Å². The largest absolute Gasteiger partial charge is 0.357 e. The van der Waals surface area contributed by atoms with Crippen LogP contribution in [0.25, 0.3) is 21.8 Å². The monoisotopic (exact) mass is 385 g/mol. The summed E-state index contributed by atoms with van der Waals surface area (Å²) in [5.74, 6) is 0.358. The lowest BCUT2D eigenvalue weighted by Crippen LogP contribution is -2.26. The van der Waals surface area contributed by atoms with Gasteiger partial charge in [0.2, 0.25) is 0 Å². The highest BCUT2D eigenvalue weighted by Crippen LogP contribution is 2.23. The van der Waals surface area contributed by atoms with Crippen LogP contribution in [0.1, 0.15) is 35.8 Å². The van der Waals surface area contributed by atoms with Crippen molar-refractivity contribution < 1.29 is 4.79 Å². The maximum atomic E-state index is 12.7. The van der Waals surface area contributed by atoms with Gasteiger partial charge in [-0.25, -0.2) is 4.98 Å². The maximum absolute atomic E-state index is 12.7. The lowest BCUT2D eigenvalue weighted by atomic mass is 10.1. The van der Waals surface area contributed by atoms with Crippen LogP contribution in [-0.4, -0.2) is 38.3 Å². The number of pyridine rings is 2. The normalized spacial score (nSPS) is 17.2. The Morgan fingerprint density at radius 3 is 3.00 bits per heavy atom. The molecule has 4 aromatic rings. The number of aromatic nitrogens is 3. The minimum absolute atomic E-state index is 0.180. The van der Waals surface area contributed by atoms with E-state index in [-0.39, 0.29) is 5.91 Å². The third-order valence-electron chi connectivity index (χ3n) is 5.73. The lowest BCUT2D eigenvalue weighted by Gasteiger charge is -2.19. The minimum Gasteiger partial charge on any atom is -0.357 e. The number of rotatable bonds is 4. The molecule has 0 spiro atoms. The molecule has 1 aliphatic heterocycles. The molecule has 1 saturated heterocycles. The van der Waals surface area contributed by atoms with Gasteiger partial charge in [0.05, 0.1) is 11.0 Å². The van der Waals surface area contributed by atoms with E-state index < -0.39 is 0 Å². The average Bonchev–Trinajstić information content (AvgIpc) is 3.33. The average molecular weight is 385 g/mol. The second-order valence-electron chi connectivity index (χ2n) is 7.78. The van der Waals surface area contributed by atoms with E-state index in [0.717, 1.165) is 34.9 Å². The number of H-pyrrole nitrogens is 1. The van der Waals surface area contributed by atoms with E-state index in [2.05, 4.69) is 38.2 Å². The number of carbonyl (C=O) groups is 1. The Balaban J connectivity index is 1.34. The zero-order chi connectivity index (χ0) is 19.8. The lowest BCUT2D eigenvalue weighted by molar-refractivity contribution is 0.102. The highest BCUT2D eigenvalue weighted by atomic mass is 16.1. The van der Waals surface area contributed by atoms with Crippen molar-refractivity contribution in [3.05, 3.63) is 66.1 Å². The molecule has 3 aromatic heterocycles. The van der Waals surface area contributed by atoms with Gasteiger partial charge in [-0.3, -0.25) is 14.7 Å². The predicted octanol–water partition coefficient (Wildman–Crippen LogP) is 4.35. The molecule has 1 aromatic carbocycles. The number of amides is 1. The van der Waals surface area contributed by atoms with E-state index in [1.54, 1.807) is 12.3 Å². The standard InChI is InChI=1S/C23H23N5O/c1-15-4-3-9-28(15)14-19-11-18-13-25-22(12-21(18)26-19)27-23(29)17-6-7-20-16(10-17)5-2-8-24-20/h2,5-8,10-13,15,26H,3-4,9,14H2,1H3,(H,25,27,29)/t15-/m0/s1. The van der Waals surface area contributed by atoms with Crippen LogP contribution in [0.3, 0.4) is 0 Å². The zero-order valence-electron chi connectivity index (χ0n) is 16.4. The molecule has 2 N–H and O–H groups in total. The quantitative estimate of drug-likeness (QED) is 0.548. The van der Waals surface area contributed by atoms with Crippen molar-refractivity contribution in [2.24, 2.45) is 0 Å². The second-order valence-corrected chi connectivity index (χ2v) is 7.78. The Kier molecular flexibility index (Phi) is 4.48. The molecule has 4 heterocycles. The van der Waals surface area contributed by atoms with Gasteiger partial charge < -0.3 is 10.3 Å². The number of nitrogens with one attached hydrogen (secondary N) is 2. The first kappa shape index (κ1) is 17.8. The fourth-order valence-electron chi connectivity index (χ4n) is 4.09. The van der Waals surface area contributed by atoms with E-state index >= 15 is 0 Å². The van der Waals surface area contributed by atoms with Crippen molar-refractivity contribution in [1.82, 2.24) is 19.9 Å². The number of benzene rings is 1. The van der Waals surface area contributed by atoms with Gasteiger partial charge in [-0.05, 0) is 56.6 Å². The molecule has 0 bridgehead atoms. The van der Waals surface area contributed by atoms with Gasteiger partial charge in [0.15, 0.2) is 0 Å². The summed E-state index contributed by atoms with van der Waals surface area (Å²) in [6, 6.07) is 14.0. The van der Waals surface area contributed by atoms with Crippen molar-refractivity contribution in [3.63, 3.8) is 0 Å². The zero-order valence-corrected chi connectivity index (χ0v) is 16.4. The number of aromatic amines is 1. The minimum atomic E-state index is -0.180. The first-order chi connectivity index (χ1) is 14.2. The highest BCUT2D eigenvalue weighted by molar-refractivity contribution is 6.06. The Morgan fingerprint density at radius 1 is 1.21 bits per heavy atom. The van der Waals surface area contributed by atoms with Crippen LogP contribution in [0.15, 0.2) is 54.9 Å². The number of fused-ring (bicyclic) bond motifs is 2. The van der Waals surface area contributed by atoms with Crippen LogP contribution in [0.4, 0.5) is 5.82 Å². The molecule has 1 aliphatic rings. The van der Waals surface area contributed by atoms with Gasteiger partial charge in [0.25, 0.3) is 5.91 Å². The number of hydrogen-bond acceptors (Lipinski definition) is 4. The first-order valence-corrected chi connectivity index (χ1v) is 10.0.